The van der Waals surface area contributed by atoms with Crippen LogP contribution >= 0.6 is 11.8 Å². The van der Waals surface area contributed by atoms with Gasteiger partial charge in [0.2, 0.25) is 0 Å². The van der Waals surface area contributed by atoms with Gasteiger partial charge in [0.15, 0.2) is 0 Å². The minimum atomic E-state index is -4.50. The van der Waals surface area contributed by atoms with Gasteiger partial charge in [0.1, 0.15) is 11.5 Å². The summed E-state index contributed by atoms with van der Waals surface area (Å²) in [6.07, 6.45) is -3.20. The molecule has 2 heterocycles. The lowest BCUT2D eigenvalue weighted by Crippen LogP contribution is -2.27. The Labute approximate surface area is 188 Å². The van der Waals surface area contributed by atoms with Gasteiger partial charge >= 0.3 is 6.18 Å². The van der Waals surface area contributed by atoms with E-state index in [1.807, 2.05) is 0 Å². The highest BCUT2D eigenvalue weighted by Gasteiger charge is 2.36. The van der Waals surface area contributed by atoms with Crippen LogP contribution in [0.1, 0.15) is 16.9 Å². The number of thioether (sulfide) groups is 1. The maximum atomic E-state index is 12.9. The zero-order valence-corrected chi connectivity index (χ0v) is 17.4. The number of nitro groups is 1. The highest BCUT2D eigenvalue weighted by molar-refractivity contribution is 8.18. The summed E-state index contributed by atoms with van der Waals surface area (Å²) in [7, 11) is 0. The third kappa shape index (κ3) is 4.67. The standard InChI is InChI=1S/C22H13F3N2O5S/c23-22(24,25)15-6-3-5-13(10-15)18-9-8-16(32-18)11-19-20(28)26(21(29)33-19)12-14-4-1-2-7-17(14)27(30)31/h1-11H,12H2/b19-11+. The normalized spacial score (nSPS) is 15.5. The largest absolute Gasteiger partial charge is 0.457 e. The predicted molar refractivity (Wildman–Crippen MR) is 114 cm³/mol. The Morgan fingerprint density at radius 2 is 1.82 bits per heavy atom. The molecule has 1 fully saturated rings. The molecule has 7 nitrogen and oxygen atoms in total. The van der Waals surface area contributed by atoms with Crippen LogP contribution in [-0.4, -0.2) is 21.0 Å². The van der Waals surface area contributed by atoms with E-state index in [2.05, 4.69) is 0 Å². The van der Waals surface area contributed by atoms with E-state index in [4.69, 9.17) is 4.42 Å². The summed E-state index contributed by atoms with van der Waals surface area (Å²) in [6, 6.07) is 13.3. The van der Waals surface area contributed by atoms with E-state index >= 15 is 0 Å². The van der Waals surface area contributed by atoms with Crippen LogP contribution in [0.4, 0.5) is 23.7 Å². The van der Waals surface area contributed by atoms with E-state index in [1.165, 1.54) is 48.5 Å². The SMILES string of the molecule is O=C1S/C(=C/c2ccc(-c3cccc(C(F)(F)F)c3)o2)C(=O)N1Cc1ccccc1[N+](=O)[O-]. The minimum absolute atomic E-state index is 0.0310. The van der Waals surface area contributed by atoms with Crippen molar-refractivity contribution in [2.24, 2.45) is 0 Å². The first kappa shape index (κ1) is 22.3. The van der Waals surface area contributed by atoms with Gasteiger partial charge in [-0.3, -0.25) is 24.6 Å². The van der Waals surface area contributed by atoms with Crippen LogP contribution in [0.15, 0.2) is 70.0 Å². The fourth-order valence-electron chi connectivity index (χ4n) is 3.19. The Bertz CT molecular complexity index is 1300. The maximum absolute atomic E-state index is 12.9. The molecule has 2 amide bonds. The lowest BCUT2D eigenvalue weighted by atomic mass is 10.1. The van der Waals surface area contributed by atoms with Gasteiger partial charge in [-0.1, -0.05) is 30.3 Å². The summed E-state index contributed by atoms with van der Waals surface area (Å²) in [4.78, 5) is 36.6. The molecule has 168 valence electrons. The molecule has 0 unspecified atom stereocenters. The number of halogens is 3. The van der Waals surface area contributed by atoms with Crippen LogP contribution in [0, 0.1) is 10.1 Å². The molecule has 0 bridgehead atoms. The second-order valence-electron chi connectivity index (χ2n) is 6.93. The molecule has 4 rings (SSSR count). The zero-order valence-electron chi connectivity index (χ0n) is 16.5. The van der Waals surface area contributed by atoms with E-state index in [-0.39, 0.29) is 39.8 Å². The summed E-state index contributed by atoms with van der Waals surface area (Å²) >= 11 is 0.641. The van der Waals surface area contributed by atoms with E-state index in [0.29, 0.717) is 11.8 Å². The first-order valence-electron chi connectivity index (χ1n) is 9.38. The number of imide groups is 1. The minimum Gasteiger partial charge on any atom is -0.457 e. The number of para-hydroxylation sites is 1. The second kappa shape index (κ2) is 8.58. The highest BCUT2D eigenvalue weighted by atomic mass is 32.2. The average molecular weight is 474 g/mol. The van der Waals surface area contributed by atoms with Crippen molar-refractivity contribution >= 4 is 34.7 Å². The van der Waals surface area contributed by atoms with E-state index < -0.39 is 27.8 Å². The Balaban J connectivity index is 1.56. The molecule has 1 aliphatic rings. The Morgan fingerprint density at radius 3 is 2.55 bits per heavy atom. The molecule has 11 heteroatoms. The molecular weight excluding hydrogens is 461 g/mol. The topological polar surface area (TPSA) is 93.7 Å². The maximum Gasteiger partial charge on any atom is 0.416 e. The Morgan fingerprint density at radius 1 is 1.06 bits per heavy atom. The summed E-state index contributed by atoms with van der Waals surface area (Å²) in [5.74, 6) is -0.328. The quantitative estimate of drug-likeness (QED) is 0.252. The third-order valence-corrected chi connectivity index (χ3v) is 5.67. The van der Waals surface area contributed by atoms with Crippen LogP contribution in [0.25, 0.3) is 17.4 Å². The predicted octanol–water partition coefficient (Wildman–Crippen LogP) is 6.11. The Hall–Kier alpha value is -3.86. The van der Waals surface area contributed by atoms with E-state index in [9.17, 15) is 32.9 Å². The van der Waals surface area contributed by atoms with Crippen LogP contribution in [0.5, 0.6) is 0 Å². The number of furan rings is 1. The van der Waals surface area contributed by atoms with Crippen molar-refractivity contribution < 1.29 is 32.1 Å². The first-order chi connectivity index (χ1) is 15.6. The number of rotatable bonds is 5. The average Bonchev–Trinajstić information content (AvgIpc) is 3.34. The van der Waals surface area contributed by atoms with Gasteiger partial charge in [-0.25, -0.2) is 0 Å². The van der Waals surface area contributed by atoms with E-state index in [1.54, 1.807) is 6.07 Å². The van der Waals surface area contributed by atoms with Gasteiger partial charge < -0.3 is 4.42 Å². The molecule has 33 heavy (non-hydrogen) atoms. The summed E-state index contributed by atoms with van der Waals surface area (Å²) in [5.41, 5.74) is -0.629. The van der Waals surface area contributed by atoms with Crippen LogP contribution in [0.2, 0.25) is 0 Å². The molecule has 3 aromatic rings. The van der Waals surface area contributed by atoms with Crippen LogP contribution < -0.4 is 0 Å². The van der Waals surface area contributed by atoms with Gasteiger partial charge in [0.05, 0.1) is 21.9 Å². The monoisotopic (exact) mass is 474 g/mol. The van der Waals surface area contributed by atoms with Gasteiger partial charge in [-0.05, 0) is 36.0 Å². The fraction of sp³-hybridized carbons (Fsp3) is 0.0909. The van der Waals surface area contributed by atoms with E-state index in [0.717, 1.165) is 17.0 Å². The summed E-state index contributed by atoms with van der Waals surface area (Å²) in [6.45, 7) is -0.271. The smallest absolute Gasteiger partial charge is 0.416 e. The molecule has 0 radical (unpaired) electrons. The number of amides is 2. The zero-order chi connectivity index (χ0) is 23.8. The highest BCUT2D eigenvalue weighted by Crippen LogP contribution is 2.36. The number of hydrogen-bond donors (Lipinski definition) is 0. The molecule has 0 atom stereocenters. The molecule has 0 N–H and O–H groups in total. The van der Waals surface area contributed by atoms with Crippen molar-refractivity contribution in [3.05, 3.63) is 92.6 Å². The van der Waals surface area contributed by atoms with Gasteiger partial charge in [0.25, 0.3) is 16.8 Å². The number of benzene rings is 2. The van der Waals surface area contributed by atoms with Crippen molar-refractivity contribution in [2.75, 3.05) is 0 Å². The number of nitro benzene ring substituents is 1. The second-order valence-corrected chi connectivity index (χ2v) is 7.93. The Kier molecular flexibility index (Phi) is 5.81. The number of carbonyl (C=O) groups is 2. The molecule has 2 aromatic carbocycles. The molecule has 0 saturated carbocycles. The molecule has 0 spiro atoms. The molecule has 0 aliphatic carbocycles. The molecule has 1 saturated heterocycles. The van der Waals surface area contributed by atoms with Crippen molar-refractivity contribution in [3.63, 3.8) is 0 Å². The van der Waals surface area contributed by atoms with Crippen LogP contribution in [-0.2, 0) is 17.5 Å². The van der Waals surface area contributed by atoms with Crippen molar-refractivity contribution in [1.29, 1.82) is 0 Å². The van der Waals surface area contributed by atoms with Gasteiger partial charge in [0, 0.05) is 23.3 Å². The number of alkyl halides is 3. The first-order valence-corrected chi connectivity index (χ1v) is 10.2. The van der Waals surface area contributed by atoms with Crippen LogP contribution in [0.3, 0.4) is 0 Å². The lowest BCUT2D eigenvalue weighted by Gasteiger charge is -2.12. The number of nitrogens with zero attached hydrogens (tertiary/aromatic N) is 2. The number of carbonyl (C=O) groups excluding carboxylic acids is 2. The van der Waals surface area contributed by atoms with Crippen molar-refractivity contribution in [2.45, 2.75) is 12.7 Å². The number of hydrogen-bond acceptors (Lipinski definition) is 6. The van der Waals surface area contributed by atoms with Crippen molar-refractivity contribution in [3.8, 4) is 11.3 Å². The van der Waals surface area contributed by atoms with Crippen molar-refractivity contribution in [1.82, 2.24) is 4.90 Å². The molecule has 1 aromatic heterocycles. The lowest BCUT2D eigenvalue weighted by molar-refractivity contribution is -0.385. The fourth-order valence-corrected chi connectivity index (χ4v) is 4.01. The molecular formula is C22H13F3N2O5S. The third-order valence-electron chi connectivity index (χ3n) is 4.76. The van der Waals surface area contributed by atoms with Gasteiger partial charge in [-0.2, -0.15) is 13.2 Å². The summed E-state index contributed by atoms with van der Waals surface area (Å²) < 4.78 is 44.4. The summed E-state index contributed by atoms with van der Waals surface area (Å²) in [5, 5.41) is 10.6. The van der Waals surface area contributed by atoms with Gasteiger partial charge in [-0.15, -0.1) is 0 Å². The molecule has 1 aliphatic heterocycles.